The topological polar surface area (TPSA) is 74.7 Å². The van der Waals surface area contributed by atoms with Gasteiger partial charge >= 0.3 is 0 Å². The number of methoxy groups -OCH3 is 1. The Morgan fingerprint density at radius 3 is 2.40 bits per heavy atom. The van der Waals surface area contributed by atoms with Crippen molar-refractivity contribution >= 4 is 21.8 Å². The van der Waals surface area contributed by atoms with Crippen LogP contribution in [0.1, 0.15) is 24.0 Å². The van der Waals surface area contributed by atoms with Gasteiger partial charge in [0.1, 0.15) is 0 Å². The highest BCUT2D eigenvalue weighted by Gasteiger charge is 2.30. The van der Waals surface area contributed by atoms with Crippen LogP contribution in [0, 0.1) is 5.92 Å². The summed E-state index contributed by atoms with van der Waals surface area (Å²) in [6, 6.07) is 9.92. The first-order valence-corrected chi connectivity index (χ1v) is 13.0. The summed E-state index contributed by atoms with van der Waals surface area (Å²) in [6.07, 6.45) is 1.76. The Morgan fingerprint density at radius 2 is 1.66 bits per heavy atom. The number of piperidine rings is 1. The fourth-order valence-electron chi connectivity index (χ4n) is 5.15. The van der Waals surface area contributed by atoms with Crippen LogP contribution in [0.3, 0.4) is 0 Å². The van der Waals surface area contributed by atoms with Gasteiger partial charge in [0.15, 0.2) is 23.0 Å². The van der Waals surface area contributed by atoms with Gasteiger partial charge in [0, 0.05) is 45.2 Å². The zero-order valence-electron chi connectivity index (χ0n) is 20.0. The molecule has 3 heterocycles. The summed E-state index contributed by atoms with van der Waals surface area (Å²) < 4.78 is 16.8. The van der Waals surface area contributed by atoms with Gasteiger partial charge in [-0.3, -0.25) is 14.6 Å². The first-order valence-electron chi connectivity index (χ1n) is 12.2. The summed E-state index contributed by atoms with van der Waals surface area (Å²) in [4.78, 5) is 20.0. The highest BCUT2D eigenvalue weighted by atomic mass is 79.9. The summed E-state index contributed by atoms with van der Waals surface area (Å²) in [6.45, 7) is 7.04. The zero-order chi connectivity index (χ0) is 24.4. The SMILES string of the molecule is COc1cc(CN2CCC(C(=O)N3CCN(Cc4ccc5c(c4)OCO5)CC3)CC2)cc(Br)c1O. The van der Waals surface area contributed by atoms with E-state index in [9.17, 15) is 9.90 Å². The standard InChI is InChI=1S/C26H32BrN3O5/c1-33-24-14-19(12-21(27)25(24)31)16-28-6-4-20(5-7-28)26(32)30-10-8-29(9-11-30)15-18-2-3-22-23(13-18)35-17-34-22/h2-3,12-14,20,31H,4-11,15-17H2,1H3. The van der Waals surface area contributed by atoms with E-state index in [1.807, 2.05) is 18.2 Å². The molecule has 3 aliphatic heterocycles. The Hall–Kier alpha value is -2.49. The third-order valence-electron chi connectivity index (χ3n) is 7.18. The van der Waals surface area contributed by atoms with Gasteiger partial charge in [-0.2, -0.15) is 0 Å². The van der Waals surface area contributed by atoms with Crippen molar-refractivity contribution in [1.82, 2.24) is 14.7 Å². The number of hydrogen-bond donors (Lipinski definition) is 1. The largest absolute Gasteiger partial charge is 0.503 e. The van der Waals surface area contributed by atoms with E-state index >= 15 is 0 Å². The van der Waals surface area contributed by atoms with Crippen LogP contribution in [0.15, 0.2) is 34.8 Å². The summed E-state index contributed by atoms with van der Waals surface area (Å²) in [5, 5.41) is 10.0. The van der Waals surface area contributed by atoms with Crippen LogP contribution in [0.5, 0.6) is 23.0 Å². The third kappa shape index (κ3) is 5.52. The molecular weight excluding hydrogens is 514 g/mol. The van der Waals surface area contributed by atoms with Crippen molar-refractivity contribution in [3.05, 3.63) is 45.9 Å². The Bertz CT molecular complexity index is 1070. The molecular formula is C26H32BrN3O5. The quantitative estimate of drug-likeness (QED) is 0.595. The molecule has 0 aliphatic carbocycles. The van der Waals surface area contributed by atoms with Crippen LogP contribution in [-0.2, 0) is 17.9 Å². The number of nitrogens with zero attached hydrogens (tertiary/aromatic N) is 3. The predicted octanol–water partition coefficient (Wildman–Crippen LogP) is 3.45. The van der Waals surface area contributed by atoms with Gasteiger partial charge in [-0.25, -0.2) is 0 Å². The maximum Gasteiger partial charge on any atom is 0.231 e. The number of phenolic OH excluding ortho intramolecular Hbond substituents is 1. The normalized spacial score (nSPS) is 19.2. The maximum absolute atomic E-state index is 13.2. The summed E-state index contributed by atoms with van der Waals surface area (Å²) in [7, 11) is 1.56. The second kappa shape index (κ2) is 10.6. The molecule has 0 spiro atoms. The van der Waals surface area contributed by atoms with Crippen molar-refractivity contribution < 1.29 is 24.1 Å². The average Bonchev–Trinajstić information content (AvgIpc) is 3.35. The second-order valence-electron chi connectivity index (χ2n) is 9.47. The molecule has 1 amide bonds. The molecule has 0 unspecified atom stereocenters. The molecule has 2 saturated heterocycles. The highest BCUT2D eigenvalue weighted by Crippen LogP contribution is 2.36. The van der Waals surface area contributed by atoms with Gasteiger partial charge in [-0.05, 0) is 77.3 Å². The minimum atomic E-state index is 0.104. The number of likely N-dealkylation sites (tertiary alicyclic amines) is 1. The highest BCUT2D eigenvalue weighted by molar-refractivity contribution is 9.10. The van der Waals surface area contributed by atoms with E-state index in [0.29, 0.717) is 22.9 Å². The van der Waals surface area contributed by atoms with Gasteiger partial charge < -0.3 is 24.2 Å². The Kier molecular flexibility index (Phi) is 7.36. The maximum atomic E-state index is 13.2. The van der Waals surface area contributed by atoms with Crippen molar-refractivity contribution in [1.29, 1.82) is 0 Å². The Balaban J connectivity index is 1.07. The molecule has 9 heteroatoms. The van der Waals surface area contributed by atoms with Crippen molar-refractivity contribution in [3.63, 3.8) is 0 Å². The summed E-state index contributed by atoms with van der Waals surface area (Å²) >= 11 is 3.40. The number of fused-ring (bicyclic) bond motifs is 1. The molecule has 0 saturated carbocycles. The predicted molar refractivity (Wildman–Crippen MR) is 135 cm³/mol. The lowest BCUT2D eigenvalue weighted by atomic mass is 9.94. The molecule has 2 aromatic rings. The van der Waals surface area contributed by atoms with E-state index < -0.39 is 0 Å². The van der Waals surface area contributed by atoms with Gasteiger partial charge in [-0.15, -0.1) is 0 Å². The van der Waals surface area contributed by atoms with E-state index in [4.69, 9.17) is 14.2 Å². The molecule has 5 rings (SSSR count). The molecule has 0 atom stereocenters. The molecule has 8 nitrogen and oxygen atoms in total. The number of hydrogen-bond acceptors (Lipinski definition) is 7. The lowest BCUT2D eigenvalue weighted by Gasteiger charge is -2.38. The average molecular weight is 546 g/mol. The minimum absolute atomic E-state index is 0.104. The van der Waals surface area contributed by atoms with Gasteiger partial charge in [0.05, 0.1) is 11.6 Å². The molecule has 1 N–H and O–H groups in total. The molecule has 3 aliphatic rings. The Labute approximate surface area is 214 Å². The number of ether oxygens (including phenoxy) is 3. The van der Waals surface area contributed by atoms with Crippen molar-refractivity contribution in [2.45, 2.75) is 25.9 Å². The first-order chi connectivity index (χ1) is 17.0. The van der Waals surface area contributed by atoms with Crippen molar-refractivity contribution in [2.75, 3.05) is 53.2 Å². The van der Waals surface area contributed by atoms with Crippen LogP contribution in [0.2, 0.25) is 0 Å². The van der Waals surface area contributed by atoms with Gasteiger partial charge in [0.2, 0.25) is 12.7 Å². The smallest absolute Gasteiger partial charge is 0.231 e. The van der Waals surface area contributed by atoms with Crippen LogP contribution in [0.4, 0.5) is 0 Å². The van der Waals surface area contributed by atoms with E-state index in [2.05, 4.69) is 42.8 Å². The van der Waals surface area contributed by atoms with E-state index in [1.165, 1.54) is 5.56 Å². The monoisotopic (exact) mass is 545 g/mol. The first kappa shape index (κ1) is 24.2. The molecule has 2 aromatic carbocycles. The van der Waals surface area contributed by atoms with Crippen LogP contribution < -0.4 is 14.2 Å². The van der Waals surface area contributed by atoms with E-state index in [0.717, 1.165) is 82.3 Å². The van der Waals surface area contributed by atoms with Crippen LogP contribution in [-0.4, -0.2) is 78.9 Å². The number of carbonyl (C=O) groups excluding carboxylic acids is 1. The number of piperazine rings is 1. The molecule has 0 radical (unpaired) electrons. The van der Waals surface area contributed by atoms with E-state index in [-0.39, 0.29) is 11.7 Å². The zero-order valence-corrected chi connectivity index (χ0v) is 21.6. The van der Waals surface area contributed by atoms with E-state index in [1.54, 1.807) is 7.11 Å². The molecule has 2 fully saturated rings. The molecule has 35 heavy (non-hydrogen) atoms. The lowest BCUT2D eigenvalue weighted by Crippen LogP contribution is -2.51. The second-order valence-corrected chi connectivity index (χ2v) is 10.3. The number of halogens is 1. The number of amides is 1. The summed E-state index contributed by atoms with van der Waals surface area (Å²) in [5.74, 6) is 2.63. The number of benzene rings is 2. The Morgan fingerprint density at radius 1 is 0.971 bits per heavy atom. The van der Waals surface area contributed by atoms with Gasteiger partial charge in [0.25, 0.3) is 0 Å². The number of carbonyl (C=O) groups is 1. The lowest BCUT2D eigenvalue weighted by molar-refractivity contribution is -0.139. The van der Waals surface area contributed by atoms with Crippen LogP contribution >= 0.6 is 15.9 Å². The number of phenols is 1. The summed E-state index contributed by atoms with van der Waals surface area (Å²) in [5.41, 5.74) is 2.29. The number of rotatable bonds is 6. The number of aromatic hydroxyl groups is 1. The van der Waals surface area contributed by atoms with Crippen LogP contribution in [0.25, 0.3) is 0 Å². The van der Waals surface area contributed by atoms with Crippen molar-refractivity contribution in [2.24, 2.45) is 5.92 Å². The molecule has 0 bridgehead atoms. The molecule has 188 valence electrons. The fraction of sp³-hybridized carbons (Fsp3) is 0.500. The fourth-order valence-corrected chi connectivity index (χ4v) is 5.64. The third-order valence-corrected chi connectivity index (χ3v) is 7.78. The van der Waals surface area contributed by atoms with Crippen molar-refractivity contribution in [3.8, 4) is 23.0 Å². The minimum Gasteiger partial charge on any atom is -0.503 e. The van der Waals surface area contributed by atoms with Gasteiger partial charge in [-0.1, -0.05) is 6.07 Å². The molecule has 0 aromatic heterocycles.